The van der Waals surface area contributed by atoms with E-state index in [1.807, 2.05) is 0 Å². The number of aldehydes is 1. The molecule has 0 amide bonds. The zero-order valence-electron chi connectivity index (χ0n) is 7.26. The molecule has 13 heavy (non-hydrogen) atoms. The Labute approximate surface area is 75.4 Å². The van der Waals surface area contributed by atoms with Crippen LogP contribution in [0.4, 0.5) is 8.78 Å². The van der Waals surface area contributed by atoms with E-state index in [9.17, 15) is 13.6 Å². The Kier molecular flexibility index (Phi) is 2.76. The summed E-state index contributed by atoms with van der Waals surface area (Å²) >= 11 is 0. The zero-order valence-corrected chi connectivity index (χ0v) is 7.26. The van der Waals surface area contributed by atoms with E-state index in [2.05, 4.69) is 0 Å². The van der Waals surface area contributed by atoms with E-state index in [1.165, 1.54) is 6.07 Å². The van der Waals surface area contributed by atoms with Crippen molar-refractivity contribution in [3.05, 3.63) is 35.4 Å². The highest BCUT2D eigenvalue weighted by atomic mass is 19.3. The van der Waals surface area contributed by atoms with Crippen molar-refractivity contribution in [2.24, 2.45) is 0 Å². The summed E-state index contributed by atoms with van der Waals surface area (Å²) in [6.07, 6.45) is 0.211. The molecular weight excluding hydrogens is 174 g/mol. The predicted octanol–water partition coefficient (Wildman–Crippen LogP) is 2.70. The highest BCUT2D eigenvalue weighted by Gasteiger charge is 2.22. The fraction of sp³-hybridized carbons (Fsp3) is 0.300. The highest BCUT2D eigenvalue weighted by molar-refractivity contribution is 5.77. The highest BCUT2D eigenvalue weighted by Crippen LogP contribution is 2.20. The number of alkyl halides is 2. The lowest BCUT2D eigenvalue weighted by atomic mass is 10.0. The van der Waals surface area contributed by atoms with E-state index < -0.39 is 5.92 Å². The van der Waals surface area contributed by atoms with Crippen molar-refractivity contribution in [3.63, 3.8) is 0 Å². The number of hydrogen-bond acceptors (Lipinski definition) is 1. The maximum Gasteiger partial charge on any atom is 0.249 e. The maximum atomic E-state index is 12.6. The second-order valence-electron chi connectivity index (χ2n) is 3.06. The first-order valence-electron chi connectivity index (χ1n) is 3.94. The first-order chi connectivity index (χ1) is 6.03. The molecule has 0 aliphatic heterocycles. The minimum absolute atomic E-state index is 0.337. The fourth-order valence-electron chi connectivity index (χ4n) is 1.14. The van der Waals surface area contributed by atoms with Crippen molar-refractivity contribution >= 4 is 6.29 Å². The molecule has 0 bridgehead atoms. The minimum Gasteiger partial charge on any atom is -0.298 e. The first kappa shape index (κ1) is 9.84. The maximum absolute atomic E-state index is 12.6. The molecule has 1 aromatic rings. The van der Waals surface area contributed by atoms with Crippen LogP contribution in [-0.4, -0.2) is 12.2 Å². The average molecular weight is 184 g/mol. The van der Waals surface area contributed by atoms with Crippen molar-refractivity contribution in [2.45, 2.75) is 19.3 Å². The van der Waals surface area contributed by atoms with Crippen LogP contribution in [-0.2, 0) is 6.42 Å². The number of carbonyl (C=O) groups is 1. The topological polar surface area (TPSA) is 17.1 Å². The van der Waals surface area contributed by atoms with Gasteiger partial charge in [0.15, 0.2) is 0 Å². The van der Waals surface area contributed by atoms with E-state index in [0.29, 0.717) is 17.4 Å². The molecule has 0 unspecified atom stereocenters. The smallest absolute Gasteiger partial charge is 0.249 e. The first-order valence-corrected chi connectivity index (χ1v) is 3.94. The molecule has 0 radical (unpaired) electrons. The Morgan fingerprint density at radius 1 is 1.38 bits per heavy atom. The van der Waals surface area contributed by atoms with Crippen molar-refractivity contribution in [1.82, 2.24) is 0 Å². The number of carbonyl (C=O) groups excluding carboxylic acids is 1. The Morgan fingerprint density at radius 3 is 2.54 bits per heavy atom. The lowest BCUT2D eigenvalue weighted by Crippen LogP contribution is -2.14. The van der Waals surface area contributed by atoms with Gasteiger partial charge in [-0.15, -0.1) is 0 Å². The van der Waals surface area contributed by atoms with Crippen LogP contribution < -0.4 is 0 Å². The Balaban J connectivity index is 2.94. The summed E-state index contributed by atoms with van der Waals surface area (Å²) in [6.45, 7) is 0.842. The molecule has 1 rings (SSSR count). The fourth-order valence-corrected chi connectivity index (χ4v) is 1.14. The molecule has 0 fully saturated rings. The van der Waals surface area contributed by atoms with E-state index in [-0.39, 0.29) is 6.42 Å². The molecule has 0 atom stereocenters. The van der Waals surface area contributed by atoms with Crippen molar-refractivity contribution < 1.29 is 13.6 Å². The SMILES string of the molecule is CC(F)(F)Cc1ccccc1C=O. The third-order valence-electron chi connectivity index (χ3n) is 1.68. The van der Waals surface area contributed by atoms with Gasteiger partial charge < -0.3 is 0 Å². The van der Waals surface area contributed by atoms with E-state index in [4.69, 9.17) is 0 Å². The van der Waals surface area contributed by atoms with Crippen molar-refractivity contribution in [2.75, 3.05) is 0 Å². The van der Waals surface area contributed by atoms with Crippen molar-refractivity contribution in [3.8, 4) is 0 Å². The van der Waals surface area contributed by atoms with E-state index >= 15 is 0 Å². The van der Waals surface area contributed by atoms with Crippen LogP contribution in [0.5, 0.6) is 0 Å². The van der Waals surface area contributed by atoms with Crippen LogP contribution in [0.25, 0.3) is 0 Å². The summed E-state index contributed by atoms with van der Waals surface area (Å²) < 4.78 is 25.2. The standard InChI is InChI=1S/C10H10F2O/c1-10(11,12)6-8-4-2-3-5-9(8)7-13/h2-5,7H,6H2,1H3. The molecule has 0 saturated heterocycles. The van der Waals surface area contributed by atoms with Crippen LogP contribution in [0, 0.1) is 0 Å². The average Bonchev–Trinajstić information content (AvgIpc) is 2.02. The predicted molar refractivity (Wildman–Crippen MR) is 46.2 cm³/mol. The van der Waals surface area contributed by atoms with Gasteiger partial charge in [0.05, 0.1) is 0 Å². The second-order valence-corrected chi connectivity index (χ2v) is 3.06. The molecule has 0 saturated carbocycles. The van der Waals surface area contributed by atoms with Gasteiger partial charge in [0.1, 0.15) is 6.29 Å². The van der Waals surface area contributed by atoms with Crippen LogP contribution in [0.1, 0.15) is 22.8 Å². The lowest BCUT2D eigenvalue weighted by Gasteiger charge is -2.10. The number of halogens is 2. The summed E-state index contributed by atoms with van der Waals surface area (Å²) in [5.74, 6) is -2.76. The van der Waals surface area contributed by atoms with Crippen LogP contribution in [0.2, 0.25) is 0 Å². The number of benzene rings is 1. The molecule has 0 heterocycles. The normalized spacial score (nSPS) is 11.3. The van der Waals surface area contributed by atoms with Crippen LogP contribution in [0.15, 0.2) is 24.3 Å². The molecule has 0 aromatic heterocycles. The van der Waals surface area contributed by atoms with Crippen molar-refractivity contribution in [1.29, 1.82) is 0 Å². The van der Waals surface area contributed by atoms with Gasteiger partial charge in [-0.25, -0.2) is 8.78 Å². The van der Waals surface area contributed by atoms with E-state index in [1.54, 1.807) is 18.2 Å². The van der Waals surface area contributed by atoms with Gasteiger partial charge in [-0.2, -0.15) is 0 Å². The number of rotatable bonds is 3. The summed E-state index contributed by atoms with van der Waals surface area (Å²) in [5, 5.41) is 0. The molecular formula is C10H10F2O. The quantitative estimate of drug-likeness (QED) is 0.660. The Morgan fingerprint density at radius 2 is 2.00 bits per heavy atom. The summed E-state index contributed by atoms with van der Waals surface area (Å²) in [7, 11) is 0. The zero-order chi connectivity index (χ0) is 9.90. The van der Waals surface area contributed by atoms with Crippen LogP contribution in [0.3, 0.4) is 0 Å². The summed E-state index contributed by atoms with van der Waals surface area (Å²) in [4.78, 5) is 10.5. The van der Waals surface area contributed by atoms with Crippen LogP contribution >= 0.6 is 0 Å². The van der Waals surface area contributed by atoms with Gasteiger partial charge in [0, 0.05) is 12.0 Å². The van der Waals surface area contributed by atoms with Gasteiger partial charge >= 0.3 is 0 Å². The molecule has 70 valence electrons. The summed E-state index contributed by atoms with van der Waals surface area (Å²) in [5.41, 5.74) is 0.731. The largest absolute Gasteiger partial charge is 0.298 e. The Hall–Kier alpha value is -1.25. The van der Waals surface area contributed by atoms with Gasteiger partial charge in [0.25, 0.3) is 0 Å². The molecule has 0 aliphatic rings. The Bertz CT molecular complexity index is 302. The third kappa shape index (κ3) is 2.93. The minimum atomic E-state index is -2.76. The monoisotopic (exact) mass is 184 g/mol. The lowest BCUT2D eigenvalue weighted by molar-refractivity contribution is 0.0225. The molecule has 0 N–H and O–H groups in total. The third-order valence-corrected chi connectivity index (χ3v) is 1.68. The molecule has 0 aliphatic carbocycles. The van der Waals surface area contributed by atoms with Gasteiger partial charge in [0.2, 0.25) is 5.92 Å². The second kappa shape index (κ2) is 3.64. The van der Waals surface area contributed by atoms with E-state index in [0.717, 1.165) is 6.92 Å². The number of hydrogen-bond donors (Lipinski definition) is 0. The van der Waals surface area contributed by atoms with Gasteiger partial charge in [-0.1, -0.05) is 24.3 Å². The molecule has 1 nitrogen and oxygen atoms in total. The molecule has 0 spiro atoms. The summed E-state index contributed by atoms with van der Waals surface area (Å²) in [6, 6.07) is 6.38. The molecule has 1 aromatic carbocycles. The molecule has 3 heteroatoms. The van der Waals surface area contributed by atoms with Gasteiger partial charge in [-0.3, -0.25) is 4.79 Å². The van der Waals surface area contributed by atoms with Gasteiger partial charge in [-0.05, 0) is 12.5 Å².